The molecule has 1 saturated heterocycles. The van der Waals surface area contributed by atoms with Gasteiger partial charge in [-0.2, -0.15) is 9.97 Å². The van der Waals surface area contributed by atoms with Crippen LogP contribution in [0.5, 0.6) is 17.2 Å². The molecule has 0 aliphatic carbocycles. The molecule has 0 N–H and O–H groups in total. The molecule has 0 atom stereocenters. The number of nitrogens with zero attached hydrogens (tertiary/aromatic N) is 5. The van der Waals surface area contributed by atoms with Crippen LogP contribution in [0, 0.1) is 0 Å². The third-order valence-electron chi connectivity index (χ3n) is 3.35. The molecular formula is C13H17N5O3S. The summed E-state index contributed by atoms with van der Waals surface area (Å²) in [4.78, 5) is 18.8. The third-order valence-corrected chi connectivity index (χ3v) is 4.01. The van der Waals surface area contributed by atoms with Crippen LogP contribution in [0.3, 0.4) is 0 Å². The van der Waals surface area contributed by atoms with Gasteiger partial charge in [-0.25, -0.2) is 4.98 Å². The van der Waals surface area contributed by atoms with Crippen molar-refractivity contribution in [3.63, 3.8) is 0 Å². The minimum Gasteiger partial charge on any atom is -0.467 e. The molecule has 8 nitrogen and oxygen atoms in total. The minimum atomic E-state index is 0.174. The Labute approximate surface area is 132 Å². The molecule has 0 amide bonds. The van der Waals surface area contributed by atoms with E-state index >= 15 is 0 Å². The molecule has 1 fully saturated rings. The van der Waals surface area contributed by atoms with Crippen LogP contribution in [0.25, 0.3) is 0 Å². The van der Waals surface area contributed by atoms with Gasteiger partial charge < -0.3 is 19.1 Å². The molecule has 0 unspecified atom stereocenters. The molecule has 22 heavy (non-hydrogen) atoms. The maximum atomic E-state index is 5.85. The Morgan fingerprint density at radius 1 is 1.09 bits per heavy atom. The molecule has 0 radical (unpaired) electrons. The highest BCUT2D eigenvalue weighted by Crippen LogP contribution is 2.24. The molecule has 0 bridgehead atoms. The smallest absolute Gasteiger partial charge is 0.324 e. The van der Waals surface area contributed by atoms with Crippen molar-refractivity contribution in [2.24, 2.45) is 0 Å². The molecule has 0 aromatic carbocycles. The van der Waals surface area contributed by atoms with Crippen LogP contribution in [0.15, 0.2) is 11.6 Å². The van der Waals surface area contributed by atoms with Crippen LogP contribution in [0.1, 0.15) is 12.8 Å². The highest BCUT2D eigenvalue weighted by atomic mass is 32.1. The van der Waals surface area contributed by atoms with Gasteiger partial charge in [0.25, 0.3) is 5.19 Å². The van der Waals surface area contributed by atoms with Gasteiger partial charge in [0.05, 0.1) is 14.2 Å². The van der Waals surface area contributed by atoms with E-state index in [0.717, 1.165) is 31.1 Å². The largest absolute Gasteiger partial charge is 0.467 e. The highest BCUT2D eigenvalue weighted by Gasteiger charge is 2.24. The second kappa shape index (κ2) is 6.73. The molecule has 9 heteroatoms. The molecule has 0 spiro atoms. The first kappa shape index (κ1) is 14.8. The van der Waals surface area contributed by atoms with Crippen molar-refractivity contribution in [3.8, 4) is 17.2 Å². The number of anilines is 1. The van der Waals surface area contributed by atoms with Crippen molar-refractivity contribution in [1.29, 1.82) is 0 Å². The third kappa shape index (κ3) is 3.35. The molecule has 118 valence electrons. The average Bonchev–Trinajstić information content (AvgIpc) is 3.08. The lowest BCUT2D eigenvalue weighted by Gasteiger charge is -2.31. The van der Waals surface area contributed by atoms with E-state index in [4.69, 9.17) is 14.2 Å². The van der Waals surface area contributed by atoms with Crippen LogP contribution in [-0.4, -0.2) is 53.3 Å². The predicted octanol–water partition coefficient (Wildman–Crippen LogP) is 1.39. The van der Waals surface area contributed by atoms with Crippen LogP contribution in [0.4, 0.5) is 5.95 Å². The number of ether oxygens (including phenoxy) is 3. The fourth-order valence-corrected chi connectivity index (χ4v) is 2.79. The molecule has 3 heterocycles. The maximum absolute atomic E-state index is 5.85. The summed E-state index contributed by atoms with van der Waals surface area (Å²) >= 11 is 1.51. The van der Waals surface area contributed by atoms with Crippen LogP contribution >= 0.6 is 11.3 Å². The van der Waals surface area contributed by atoms with Gasteiger partial charge in [-0.15, -0.1) is 4.98 Å². The van der Waals surface area contributed by atoms with Gasteiger partial charge in [0.2, 0.25) is 5.95 Å². The van der Waals surface area contributed by atoms with E-state index in [9.17, 15) is 0 Å². The first-order valence-electron chi connectivity index (χ1n) is 6.93. The normalized spacial score (nSPS) is 15.6. The highest BCUT2D eigenvalue weighted by molar-refractivity contribution is 7.11. The molecular weight excluding hydrogens is 306 g/mol. The van der Waals surface area contributed by atoms with Crippen molar-refractivity contribution in [3.05, 3.63) is 11.6 Å². The Balaban J connectivity index is 1.63. The summed E-state index contributed by atoms with van der Waals surface area (Å²) in [5.41, 5.74) is 0. The summed E-state index contributed by atoms with van der Waals surface area (Å²) in [5, 5.41) is 2.63. The Kier molecular flexibility index (Phi) is 4.52. The van der Waals surface area contributed by atoms with Crippen molar-refractivity contribution in [2.75, 3.05) is 32.2 Å². The zero-order chi connectivity index (χ0) is 15.4. The predicted molar refractivity (Wildman–Crippen MR) is 80.9 cm³/mol. The molecule has 2 aromatic heterocycles. The first-order chi connectivity index (χ1) is 10.8. The Bertz CT molecular complexity index is 579. The lowest BCUT2D eigenvalue weighted by atomic mass is 10.1. The first-order valence-corrected chi connectivity index (χ1v) is 7.81. The van der Waals surface area contributed by atoms with Crippen molar-refractivity contribution >= 4 is 17.3 Å². The van der Waals surface area contributed by atoms with Crippen LogP contribution in [0.2, 0.25) is 0 Å². The number of hydrogen-bond acceptors (Lipinski definition) is 9. The number of thiazole rings is 1. The zero-order valence-corrected chi connectivity index (χ0v) is 13.2. The van der Waals surface area contributed by atoms with E-state index in [2.05, 4.69) is 24.8 Å². The van der Waals surface area contributed by atoms with E-state index in [1.165, 1.54) is 25.6 Å². The summed E-state index contributed by atoms with van der Waals surface area (Å²) in [6.45, 7) is 1.60. The van der Waals surface area contributed by atoms with E-state index in [-0.39, 0.29) is 18.1 Å². The van der Waals surface area contributed by atoms with Crippen LogP contribution in [-0.2, 0) is 0 Å². The molecule has 2 aromatic rings. The maximum Gasteiger partial charge on any atom is 0.324 e. The summed E-state index contributed by atoms with van der Waals surface area (Å²) < 4.78 is 16.0. The minimum absolute atomic E-state index is 0.174. The second-order valence-corrected chi connectivity index (χ2v) is 5.57. The average molecular weight is 323 g/mol. The lowest BCUT2D eigenvalue weighted by Crippen LogP contribution is -2.39. The number of rotatable bonds is 5. The van der Waals surface area contributed by atoms with Gasteiger partial charge in [-0.1, -0.05) is 11.3 Å². The van der Waals surface area contributed by atoms with E-state index in [1.807, 2.05) is 5.38 Å². The quantitative estimate of drug-likeness (QED) is 0.816. The number of methoxy groups -OCH3 is 2. The van der Waals surface area contributed by atoms with Gasteiger partial charge in [0, 0.05) is 37.5 Å². The number of hydrogen-bond donors (Lipinski definition) is 0. The van der Waals surface area contributed by atoms with Gasteiger partial charge in [0.15, 0.2) is 0 Å². The summed E-state index contributed by atoms with van der Waals surface area (Å²) in [6, 6.07) is 0.506. The standard InChI is InChI=1S/C13H17N5O3S/c1-19-11-15-10(16-12(17-11)20-2)18-6-3-9(4-7-18)21-13-14-5-8-22-13/h5,8-9H,3-4,6-7H2,1-2H3. The van der Waals surface area contributed by atoms with Gasteiger partial charge in [-0.05, 0) is 0 Å². The van der Waals surface area contributed by atoms with Crippen molar-refractivity contribution in [2.45, 2.75) is 18.9 Å². The van der Waals surface area contributed by atoms with Crippen LogP contribution < -0.4 is 19.1 Å². The fraction of sp³-hybridized carbons (Fsp3) is 0.538. The number of piperidine rings is 1. The zero-order valence-electron chi connectivity index (χ0n) is 12.4. The van der Waals surface area contributed by atoms with Crippen molar-refractivity contribution in [1.82, 2.24) is 19.9 Å². The van der Waals surface area contributed by atoms with E-state index in [0.29, 0.717) is 5.95 Å². The second-order valence-electron chi connectivity index (χ2n) is 4.71. The summed E-state index contributed by atoms with van der Waals surface area (Å²) in [5.74, 6) is 0.566. The molecule has 1 aliphatic rings. The summed E-state index contributed by atoms with van der Waals surface area (Å²) in [7, 11) is 3.04. The van der Waals surface area contributed by atoms with Gasteiger partial charge >= 0.3 is 12.0 Å². The SMILES string of the molecule is COc1nc(OC)nc(N2CCC(Oc3nccs3)CC2)n1. The Hall–Kier alpha value is -2.16. The topological polar surface area (TPSA) is 82.5 Å². The van der Waals surface area contributed by atoms with Gasteiger partial charge in [-0.3, -0.25) is 0 Å². The Morgan fingerprint density at radius 2 is 1.77 bits per heavy atom. The number of aromatic nitrogens is 4. The molecule has 1 aliphatic heterocycles. The van der Waals surface area contributed by atoms with E-state index in [1.54, 1.807) is 6.20 Å². The molecule has 0 saturated carbocycles. The fourth-order valence-electron chi connectivity index (χ4n) is 2.24. The van der Waals surface area contributed by atoms with Crippen molar-refractivity contribution < 1.29 is 14.2 Å². The lowest BCUT2D eigenvalue weighted by molar-refractivity contribution is 0.169. The van der Waals surface area contributed by atoms with Gasteiger partial charge in [0.1, 0.15) is 6.10 Å². The Morgan fingerprint density at radius 3 is 2.32 bits per heavy atom. The van der Waals surface area contributed by atoms with E-state index < -0.39 is 0 Å². The molecule has 3 rings (SSSR count). The summed E-state index contributed by atoms with van der Waals surface area (Å²) in [6.07, 6.45) is 3.69. The monoisotopic (exact) mass is 323 g/mol.